The molecule has 0 bridgehead atoms. The van der Waals surface area contributed by atoms with E-state index in [-0.39, 0.29) is 18.2 Å². The highest BCUT2D eigenvalue weighted by Gasteiger charge is 2.53. The van der Waals surface area contributed by atoms with Gasteiger partial charge in [-0.2, -0.15) is 0 Å². The Bertz CT molecular complexity index is 851. The fourth-order valence-corrected chi connectivity index (χ4v) is 4.17. The minimum Gasteiger partial charge on any atom is -0.496 e. The first-order valence-electron chi connectivity index (χ1n) is 9.22. The van der Waals surface area contributed by atoms with Crippen LogP contribution in [0.1, 0.15) is 49.0 Å². The molecule has 1 N–H and O–H groups in total. The zero-order chi connectivity index (χ0) is 21.3. The van der Waals surface area contributed by atoms with Crippen LogP contribution in [0.5, 0.6) is 5.75 Å². The van der Waals surface area contributed by atoms with E-state index in [4.69, 9.17) is 18.9 Å². The predicted molar refractivity (Wildman–Crippen MR) is 98.3 cm³/mol. The zero-order valence-corrected chi connectivity index (χ0v) is 16.6. The largest absolute Gasteiger partial charge is 0.496 e. The summed E-state index contributed by atoms with van der Waals surface area (Å²) in [7, 11) is 1.47. The van der Waals surface area contributed by atoms with Gasteiger partial charge in [0, 0.05) is 26.7 Å². The summed E-state index contributed by atoms with van der Waals surface area (Å²) in [4.78, 5) is 47.9. The highest BCUT2D eigenvalue weighted by molar-refractivity contribution is 6.00. The molecule has 5 atom stereocenters. The number of nitrogens with one attached hydrogen (secondary N) is 1. The molecule has 1 heterocycles. The number of amides is 1. The average Bonchev–Trinajstić information content (AvgIpc) is 2.63. The van der Waals surface area contributed by atoms with E-state index >= 15 is 0 Å². The van der Waals surface area contributed by atoms with Gasteiger partial charge in [0.25, 0.3) is 5.91 Å². The third kappa shape index (κ3) is 4.03. The van der Waals surface area contributed by atoms with Crippen LogP contribution >= 0.6 is 0 Å². The van der Waals surface area contributed by atoms with Crippen LogP contribution in [0.25, 0.3) is 0 Å². The number of esters is 3. The topological polar surface area (TPSA) is 117 Å². The zero-order valence-electron chi connectivity index (χ0n) is 16.6. The minimum absolute atomic E-state index is 0.264. The first kappa shape index (κ1) is 20.6. The van der Waals surface area contributed by atoms with Gasteiger partial charge in [0.2, 0.25) is 0 Å². The number of benzene rings is 1. The van der Waals surface area contributed by atoms with Gasteiger partial charge in [-0.05, 0) is 18.1 Å². The van der Waals surface area contributed by atoms with E-state index < -0.39 is 42.3 Å². The van der Waals surface area contributed by atoms with Crippen LogP contribution in [0.3, 0.4) is 0 Å². The van der Waals surface area contributed by atoms with Crippen LogP contribution < -0.4 is 10.1 Å². The molecule has 156 valence electrons. The molecule has 0 unspecified atom stereocenters. The van der Waals surface area contributed by atoms with Crippen LogP contribution in [0.15, 0.2) is 18.2 Å². The van der Waals surface area contributed by atoms with Gasteiger partial charge >= 0.3 is 17.9 Å². The van der Waals surface area contributed by atoms with Crippen molar-refractivity contribution in [2.24, 2.45) is 0 Å². The molecule has 9 nitrogen and oxygen atoms in total. The molecule has 9 heteroatoms. The highest BCUT2D eigenvalue weighted by Crippen LogP contribution is 2.43. The second kappa shape index (κ2) is 8.10. The Morgan fingerprint density at radius 1 is 0.966 bits per heavy atom. The summed E-state index contributed by atoms with van der Waals surface area (Å²) in [6.07, 6.45) is -2.66. The molecule has 2 aliphatic rings. The van der Waals surface area contributed by atoms with Crippen LogP contribution in [0.4, 0.5) is 0 Å². The Balaban J connectivity index is 2.09. The molecule has 1 aromatic rings. The van der Waals surface area contributed by atoms with Crippen LogP contribution in [0, 0.1) is 0 Å². The maximum Gasteiger partial charge on any atom is 0.303 e. The van der Waals surface area contributed by atoms with Crippen molar-refractivity contribution in [1.29, 1.82) is 0 Å². The van der Waals surface area contributed by atoms with E-state index in [1.165, 1.54) is 27.9 Å². The lowest BCUT2D eigenvalue weighted by Gasteiger charge is -2.47. The molecule has 0 aromatic heterocycles. The number of rotatable bonds is 4. The summed E-state index contributed by atoms with van der Waals surface area (Å²) in [5.74, 6) is -2.11. The molecule has 0 spiro atoms. The molecule has 0 radical (unpaired) electrons. The number of fused-ring (bicyclic) bond motifs is 3. The van der Waals surface area contributed by atoms with Crippen molar-refractivity contribution < 1.29 is 38.1 Å². The number of carbonyl (C=O) groups is 4. The van der Waals surface area contributed by atoms with Crippen molar-refractivity contribution >= 4 is 23.8 Å². The Hall–Kier alpha value is -3.10. The van der Waals surface area contributed by atoms with Gasteiger partial charge in [0.1, 0.15) is 11.9 Å². The van der Waals surface area contributed by atoms with Gasteiger partial charge in [0.05, 0.1) is 18.7 Å². The second-order valence-corrected chi connectivity index (χ2v) is 7.06. The first-order valence-corrected chi connectivity index (χ1v) is 9.22. The average molecular weight is 405 g/mol. The van der Waals surface area contributed by atoms with Gasteiger partial charge in [-0.1, -0.05) is 12.1 Å². The summed E-state index contributed by atoms with van der Waals surface area (Å²) < 4.78 is 21.5. The fraction of sp³-hybridized carbons (Fsp3) is 0.500. The maximum absolute atomic E-state index is 12.8. The van der Waals surface area contributed by atoms with E-state index in [0.717, 1.165) is 0 Å². The lowest BCUT2D eigenvalue weighted by molar-refractivity contribution is -0.194. The van der Waals surface area contributed by atoms with Gasteiger partial charge in [-0.25, -0.2) is 0 Å². The minimum atomic E-state index is -1.05. The molecular formula is C20H23NO8. The smallest absolute Gasteiger partial charge is 0.303 e. The summed E-state index contributed by atoms with van der Waals surface area (Å²) >= 11 is 0. The third-order valence-electron chi connectivity index (χ3n) is 5.09. The Kier molecular flexibility index (Phi) is 5.76. The molecule has 1 fully saturated rings. The van der Waals surface area contributed by atoms with Crippen molar-refractivity contribution in [3.63, 3.8) is 0 Å². The summed E-state index contributed by atoms with van der Waals surface area (Å²) in [5, 5.41) is 2.85. The monoisotopic (exact) mass is 405 g/mol. The molecule has 1 aliphatic carbocycles. The Labute approximate surface area is 167 Å². The van der Waals surface area contributed by atoms with Crippen molar-refractivity contribution in [3.05, 3.63) is 29.3 Å². The van der Waals surface area contributed by atoms with Gasteiger partial charge < -0.3 is 24.3 Å². The van der Waals surface area contributed by atoms with E-state index in [9.17, 15) is 19.2 Å². The molecular weight excluding hydrogens is 382 g/mol. The molecule has 1 aliphatic heterocycles. The van der Waals surface area contributed by atoms with Crippen molar-refractivity contribution in [3.8, 4) is 5.75 Å². The predicted octanol–water partition coefficient (Wildman–Crippen LogP) is 1.09. The number of carbonyl (C=O) groups excluding carboxylic acids is 4. The van der Waals surface area contributed by atoms with Gasteiger partial charge in [-0.3, -0.25) is 19.2 Å². The second-order valence-electron chi connectivity index (χ2n) is 7.06. The van der Waals surface area contributed by atoms with E-state index in [1.807, 2.05) is 0 Å². The normalized spacial score (nSPS) is 27.6. The van der Waals surface area contributed by atoms with Gasteiger partial charge in [0.15, 0.2) is 12.2 Å². The lowest BCUT2D eigenvalue weighted by atomic mass is 9.71. The van der Waals surface area contributed by atoms with E-state index in [1.54, 1.807) is 18.2 Å². The van der Waals surface area contributed by atoms with Crippen LogP contribution in [0.2, 0.25) is 0 Å². The summed E-state index contributed by atoms with van der Waals surface area (Å²) in [5.41, 5.74) is 1.07. The van der Waals surface area contributed by atoms with E-state index in [0.29, 0.717) is 16.9 Å². The third-order valence-corrected chi connectivity index (χ3v) is 5.09. The standard InChI is InChI=1S/C20H23NO8/c1-9(22)27-15-8-13-12-6-5-7-14(26-4)16(12)20(25)21-17(13)19(29-11(3)24)18(15)28-10(2)23/h5-7,13,15,17-19H,8H2,1-4H3,(H,21,25)/t13-,15+,17-,18-,19+/m1/s1. The Morgan fingerprint density at radius 2 is 1.59 bits per heavy atom. The number of hydrogen-bond acceptors (Lipinski definition) is 8. The van der Waals surface area contributed by atoms with Gasteiger partial charge in [-0.15, -0.1) is 0 Å². The molecule has 3 rings (SSSR count). The number of methoxy groups -OCH3 is 1. The maximum atomic E-state index is 12.8. The van der Waals surface area contributed by atoms with Crippen molar-refractivity contribution in [2.75, 3.05) is 7.11 Å². The molecule has 29 heavy (non-hydrogen) atoms. The summed E-state index contributed by atoms with van der Waals surface area (Å²) in [6, 6.07) is 4.56. The van der Waals surface area contributed by atoms with Crippen molar-refractivity contribution in [1.82, 2.24) is 5.32 Å². The molecule has 0 saturated heterocycles. The Morgan fingerprint density at radius 3 is 2.17 bits per heavy atom. The van der Waals surface area contributed by atoms with Crippen LogP contribution in [-0.4, -0.2) is 55.3 Å². The summed E-state index contributed by atoms with van der Waals surface area (Å²) in [6.45, 7) is 3.68. The fourth-order valence-electron chi connectivity index (χ4n) is 4.17. The quantitative estimate of drug-likeness (QED) is 0.584. The highest BCUT2D eigenvalue weighted by atomic mass is 16.6. The lowest BCUT2D eigenvalue weighted by Crippen LogP contribution is -2.63. The van der Waals surface area contributed by atoms with E-state index in [2.05, 4.69) is 5.32 Å². The number of ether oxygens (including phenoxy) is 4. The van der Waals surface area contributed by atoms with Crippen molar-refractivity contribution in [2.45, 2.75) is 57.5 Å². The molecule has 1 amide bonds. The SMILES string of the molecule is COc1cccc2c1C(=O)N[C@H]1[C@H](OC(C)=O)[C@H](OC(C)=O)[C@@H](OC(C)=O)C[C@H]21. The first-order chi connectivity index (χ1) is 13.7. The number of hydrogen-bond donors (Lipinski definition) is 1. The van der Waals surface area contributed by atoms with Crippen LogP contribution in [-0.2, 0) is 28.6 Å². The molecule has 1 aromatic carbocycles. The molecule has 1 saturated carbocycles.